The quantitative estimate of drug-likeness (QED) is 0.412. The van der Waals surface area contributed by atoms with Gasteiger partial charge >= 0.3 is 0 Å². The third-order valence-electron chi connectivity index (χ3n) is 4.97. The van der Waals surface area contributed by atoms with Gasteiger partial charge in [-0.2, -0.15) is 0 Å². The van der Waals surface area contributed by atoms with E-state index in [9.17, 15) is 0 Å². The van der Waals surface area contributed by atoms with Gasteiger partial charge in [0.05, 0.1) is 16.7 Å². The van der Waals surface area contributed by atoms with Crippen LogP contribution < -0.4 is 0 Å². The lowest BCUT2D eigenvalue weighted by Gasteiger charge is -2.12. The molecule has 130 valence electrons. The molecule has 2 heterocycles. The number of rotatable bonds is 3. The lowest BCUT2D eigenvalue weighted by Crippen LogP contribution is -1.99. The van der Waals surface area contributed by atoms with Gasteiger partial charge in [-0.1, -0.05) is 67.6 Å². The Morgan fingerprint density at radius 2 is 1.30 bits per heavy atom. The van der Waals surface area contributed by atoms with Gasteiger partial charge in [0, 0.05) is 11.3 Å². The molecule has 0 amide bonds. The predicted molar refractivity (Wildman–Crippen MR) is 111 cm³/mol. The summed E-state index contributed by atoms with van der Waals surface area (Å²) in [5, 5.41) is 0. The van der Waals surface area contributed by atoms with Gasteiger partial charge in [-0.25, -0.2) is 9.97 Å². The van der Waals surface area contributed by atoms with Crippen LogP contribution in [-0.4, -0.2) is 14.5 Å². The van der Waals surface area contributed by atoms with Crippen molar-refractivity contribution in [3.63, 3.8) is 0 Å². The molecule has 0 spiro atoms. The van der Waals surface area contributed by atoms with Crippen LogP contribution in [0.5, 0.6) is 0 Å². The zero-order valence-corrected chi connectivity index (χ0v) is 15.1. The number of benzene rings is 3. The summed E-state index contributed by atoms with van der Waals surface area (Å²) in [4.78, 5) is 10.0. The van der Waals surface area contributed by atoms with Crippen molar-refractivity contribution in [2.45, 2.75) is 13.3 Å². The van der Waals surface area contributed by atoms with E-state index in [-0.39, 0.29) is 0 Å². The number of hydrogen-bond acceptors (Lipinski definition) is 2. The Morgan fingerprint density at radius 3 is 1.96 bits per heavy atom. The van der Waals surface area contributed by atoms with Crippen molar-refractivity contribution in [2.24, 2.45) is 0 Å². The van der Waals surface area contributed by atoms with Crippen molar-refractivity contribution < 1.29 is 0 Å². The molecular weight excluding hydrogens is 330 g/mol. The minimum Gasteiger partial charge on any atom is -0.292 e. The highest BCUT2D eigenvalue weighted by molar-refractivity contribution is 5.93. The van der Waals surface area contributed by atoms with Crippen LogP contribution in [0.25, 0.3) is 39.1 Å². The molecule has 0 unspecified atom stereocenters. The summed E-state index contributed by atoms with van der Waals surface area (Å²) in [7, 11) is 0. The van der Waals surface area contributed by atoms with Crippen LogP contribution in [0.3, 0.4) is 0 Å². The van der Waals surface area contributed by atoms with E-state index in [1.807, 2.05) is 30.3 Å². The highest BCUT2D eigenvalue weighted by Crippen LogP contribution is 2.35. The molecule has 0 N–H and O–H groups in total. The second-order valence-electron chi connectivity index (χ2n) is 6.60. The van der Waals surface area contributed by atoms with Crippen LogP contribution in [0, 0.1) is 0 Å². The molecular formula is C24H19N3. The third-order valence-corrected chi connectivity index (χ3v) is 4.97. The van der Waals surface area contributed by atoms with Crippen molar-refractivity contribution in [2.75, 3.05) is 0 Å². The zero-order chi connectivity index (χ0) is 18.2. The summed E-state index contributed by atoms with van der Waals surface area (Å²) < 4.78 is 2.25. The maximum absolute atomic E-state index is 5.01. The van der Waals surface area contributed by atoms with Crippen LogP contribution in [0.15, 0.2) is 84.9 Å². The molecule has 0 aliphatic carbocycles. The molecule has 3 aromatic carbocycles. The van der Waals surface area contributed by atoms with Gasteiger partial charge in [-0.15, -0.1) is 0 Å². The number of hydrogen-bond donors (Lipinski definition) is 0. The molecule has 0 saturated heterocycles. The van der Waals surface area contributed by atoms with Crippen LogP contribution in [0.4, 0.5) is 0 Å². The maximum atomic E-state index is 5.01. The fraction of sp³-hybridized carbons (Fsp3) is 0.0833. The largest absolute Gasteiger partial charge is 0.292 e. The fourth-order valence-electron chi connectivity index (χ4n) is 3.76. The van der Waals surface area contributed by atoms with Gasteiger partial charge in [-0.3, -0.25) is 4.57 Å². The summed E-state index contributed by atoms with van der Waals surface area (Å²) in [6.07, 6.45) is 0.896. The number of para-hydroxylation sites is 3. The summed E-state index contributed by atoms with van der Waals surface area (Å²) in [5.41, 5.74) is 8.45. The molecule has 0 bridgehead atoms. The Bertz CT molecular complexity index is 1240. The van der Waals surface area contributed by atoms with Crippen LogP contribution in [-0.2, 0) is 6.42 Å². The van der Waals surface area contributed by atoms with Gasteiger partial charge in [-0.05, 0) is 36.2 Å². The SMILES string of the molecule is CCc1c(-c2ccccc2)n(-c2ccccc2)c2nc3ccccc3nc12. The van der Waals surface area contributed by atoms with Crippen molar-refractivity contribution in [3.05, 3.63) is 90.5 Å². The molecule has 27 heavy (non-hydrogen) atoms. The summed E-state index contributed by atoms with van der Waals surface area (Å²) in [5.74, 6) is 0. The van der Waals surface area contributed by atoms with Gasteiger partial charge in [0.25, 0.3) is 0 Å². The second-order valence-corrected chi connectivity index (χ2v) is 6.60. The molecule has 0 aliphatic heterocycles. The Balaban J connectivity index is 1.98. The summed E-state index contributed by atoms with van der Waals surface area (Å²) in [6.45, 7) is 2.19. The van der Waals surface area contributed by atoms with Gasteiger partial charge < -0.3 is 0 Å². The summed E-state index contributed by atoms with van der Waals surface area (Å²) in [6, 6.07) is 29.0. The molecule has 2 aromatic heterocycles. The molecule has 0 radical (unpaired) electrons. The van der Waals surface area contributed by atoms with Crippen molar-refractivity contribution in [1.29, 1.82) is 0 Å². The van der Waals surface area contributed by atoms with Crippen molar-refractivity contribution in [1.82, 2.24) is 14.5 Å². The lowest BCUT2D eigenvalue weighted by molar-refractivity contribution is 1.08. The van der Waals surface area contributed by atoms with E-state index < -0.39 is 0 Å². The molecule has 0 aliphatic rings. The monoisotopic (exact) mass is 349 g/mol. The van der Waals surface area contributed by atoms with Crippen molar-refractivity contribution in [3.8, 4) is 16.9 Å². The molecule has 5 aromatic rings. The molecule has 0 saturated carbocycles. The van der Waals surface area contributed by atoms with Crippen LogP contribution in [0.1, 0.15) is 12.5 Å². The Kier molecular flexibility index (Phi) is 3.72. The average Bonchev–Trinajstić information content (AvgIpc) is 3.06. The molecule has 0 atom stereocenters. The Labute approximate surface area is 157 Å². The van der Waals surface area contributed by atoms with E-state index in [4.69, 9.17) is 9.97 Å². The average molecular weight is 349 g/mol. The Hall–Kier alpha value is -3.46. The van der Waals surface area contributed by atoms with Crippen LogP contribution >= 0.6 is 0 Å². The number of aromatic nitrogens is 3. The number of nitrogens with zero attached hydrogens (tertiary/aromatic N) is 3. The summed E-state index contributed by atoms with van der Waals surface area (Å²) >= 11 is 0. The lowest BCUT2D eigenvalue weighted by atomic mass is 10.1. The minimum atomic E-state index is 0.896. The number of aryl methyl sites for hydroxylation is 1. The van der Waals surface area contributed by atoms with Crippen LogP contribution in [0.2, 0.25) is 0 Å². The topological polar surface area (TPSA) is 30.7 Å². The van der Waals surface area contributed by atoms with E-state index in [2.05, 4.69) is 66.1 Å². The smallest absolute Gasteiger partial charge is 0.164 e. The molecule has 3 heteroatoms. The zero-order valence-electron chi connectivity index (χ0n) is 15.1. The normalized spacial score (nSPS) is 11.3. The molecule has 3 nitrogen and oxygen atoms in total. The van der Waals surface area contributed by atoms with E-state index in [1.54, 1.807) is 0 Å². The first-order chi connectivity index (χ1) is 13.4. The van der Waals surface area contributed by atoms with E-state index in [0.717, 1.165) is 34.3 Å². The minimum absolute atomic E-state index is 0.896. The van der Waals surface area contributed by atoms with E-state index >= 15 is 0 Å². The first kappa shape index (κ1) is 15.8. The number of fused-ring (bicyclic) bond motifs is 2. The third kappa shape index (κ3) is 2.51. The molecule has 0 fully saturated rings. The fourth-order valence-corrected chi connectivity index (χ4v) is 3.76. The second kappa shape index (κ2) is 6.36. The maximum Gasteiger partial charge on any atom is 0.164 e. The highest BCUT2D eigenvalue weighted by Gasteiger charge is 2.21. The highest BCUT2D eigenvalue weighted by atomic mass is 15.1. The standard InChI is InChI=1S/C24H19N3/c1-2-19-22-24(26-21-16-10-9-15-20(21)25-22)27(18-13-7-4-8-14-18)23(19)17-11-5-3-6-12-17/h3-16H,2H2,1H3. The van der Waals surface area contributed by atoms with Gasteiger partial charge in [0.15, 0.2) is 5.65 Å². The van der Waals surface area contributed by atoms with E-state index in [0.29, 0.717) is 0 Å². The van der Waals surface area contributed by atoms with E-state index in [1.165, 1.54) is 16.8 Å². The predicted octanol–water partition coefficient (Wildman–Crippen LogP) is 5.80. The first-order valence-corrected chi connectivity index (χ1v) is 9.27. The Morgan fingerprint density at radius 1 is 0.704 bits per heavy atom. The molecule has 5 rings (SSSR count). The first-order valence-electron chi connectivity index (χ1n) is 9.27. The van der Waals surface area contributed by atoms with Gasteiger partial charge in [0.1, 0.15) is 5.52 Å². The van der Waals surface area contributed by atoms with Crippen molar-refractivity contribution >= 4 is 22.2 Å². The van der Waals surface area contributed by atoms with Gasteiger partial charge in [0.2, 0.25) is 0 Å².